The van der Waals surface area contributed by atoms with Crippen molar-refractivity contribution in [3.05, 3.63) is 18.2 Å². The van der Waals surface area contributed by atoms with Crippen molar-refractivity contribution in [1.29, 1.82) is 0 Å². The van der Waals surface area contributed by atoms with Crippen molar-refractivity contribution in [2.24, 2.45) is 0 Å². The summed E-state index contributed by atoms with van der Waals surface area (Å²) in [6, 6.07) is 0.396. The number of hydrogen-bond donors (Lipinski definition) is 0. The van der Waals surface area contributed by atoms with Gasteiger partial charge in [0, 0.05) is 38.6 Å². The summed E-state index contributed by atoms with van der Waals surface area (Å²) in [5, 5.41) is 0. The molecule has 0 radical (unpaired) electrons. The minimum Gasteiger partial charge on any atom is -0.369 e. The zero-order valence-corrected chi connectivity index (χ0v) is 14.2. The van der Waals surface area contributed by atoms with E-state index in [9.17, 15) is 4.79 Å². The highest BCUT2D eigenvalue weighted by atomic mass is 16.5. The lowest BCUT2D eigenvalue weighted by Crippen LogP contribution is -2.58. The fourth-order valence-electron chi connectivity index (χ4n) is 3.38. The molecule has 23 heavy (non-hydrogen) atoms. The van der Waals surface area contributed by atoms with Gasteiger partial charge in [0.05, 0.1) is 26.3 Å². The Labute approximate surface area is 137 Å². The number of hydrogen-bond acceptors (Lipinski definition) is 5. The lowest BCUT2D eigenvalue weighted by atomic mass is 10.0. The first-order valence-electron chi connectivity index (χ1n) is 8.19. The molecule has 7 heteroatoms. The zero-order chi connectivity index (χ0) is 16.4. The van der Waals surface area contributed by atoms with Gasteiger partial charge in [0.1, 0.15) is 18.0 Å². The van der Waals surface area contributed by atoms with Crippen molar-refractivity contribution in [2.45, 2.75) is 32.0 Å². The first kappa shape index (κ1) is 16.4. The lowest BCUT2D eigenvalue weighted by Gasteiger charge is -2.42. The van der Waals surface area contributed by atoms with Crippen molar-refractivity contribution in [3.8, 4) is 0 Å². The van der Waals surface area contributed by atoms with Crippen LogP contribution in [0.3, 0.4) is 0 Å². The molecular weight excluding hydrogens is 296 g/mol. The van der Waals surface area contributed by atoms with E-state index in [-0.39, 0.29) is 12.5 Å². The molecule has 1 unspecified atom stereocenters. The van der Waals surface area contributed by atoms with Gasteiger partial charge < -0.3 is 18.9 Å². The SMILES string of the molecule is CC(C)n1ccnc1CN1CCOC2(COCC(=O)N(C)C2)C1. The van der Waals surface area contributed by atoms with Gasteiger partial charge in [-0.15, -0.1) is 0 Å². The van der Waals surface area contributed by atoms with Gasteiger partial charge in [0.2, 0.25) is 5.91 Å². The van der Waals surface area contributed by atoms with Crippen molar-refractivity contribution in [1.82, 2.24) is 19.4 Å². The molecule has 3 heterocycles. The number of imidazole rings is 1. The molecule has 2 aliphatic rings. The van der Waals surface area contributed by atoms with Crippen LogP contribution in [-0.4, -0.2) is 77.4 Å². The topological polar surface area (TPSA) is 59.8 Å². The van der Waals surface area contributed by atoms with E-state index >= 15 is 0 Å². The Morgan fingerprint density at radius 1 is 1.39 bits per heavy atom. The van der Waals surface area contributed by atoms with Crippen LogP contribution in [0.15, 0.2) is 12.4 Å². The molecule has 1 aromatic heterocycles. The van der Waals surface area contributed by atoms with E-state index in [1.165, 1.54) is 0 Å². The minimum absolute atomic E-state index is 0.0120. The maximum absolute atomic E-state index is 11.8. The van der Waals surface area contributed by atoms with Gasteiger partial charge in [-0.2, -0.15) is 0 Å². The van der Waals surface area contributed by atoms with Crippen LogP contribution >= 0.6 is 0 Å². The summed E-state index contributed by atoms with van der Waals surface area (Å²) in [5.41, 5.74) is -0.436. The Hall–Kier alpha value is -1.44. The number of carbonyl (C=O) groups is 1. The van der Waals surface area contributed by atoms with Crippen LogP contribution in [0.5, 0.6) is 0 Å². The minimum atomic E-state index is -0.436. The van der Waals surface area contributed by atoms with E-state index in [2.05, 4.69) is 28.3 Å². The summed E-state index contributed by atoms with van der Waals surface area (Å²) in [6.07, 6.45) is 3.88. The monoisotopic (exact) mass is 322 g/mol. The molecule has 1 atom stereocenters. The molecular formula is C16H26N4O3. The van der Waals surface area contributed by atoms with Crippen LogP contribution in [-0.2, 0) is 20.8 Å². The predicted octanol–water partition coefficient (Wildman–Crippen LogP) is 0.524. The Morgan fingerprint density at radius 3 is 3.00 bits per heavy atom. The van der Waals surface area contributed by atoms with E-state index in [4.69, 9.17) is 9.47 Å². The molecule has 1 aromatic rings. The highest BCUT2D eigenvalue weighted by Gasteiger charge is 2.41. The van der Waals surface area contributed by atoms with Crippen LogP contribution in [0.2, 0.25) is 0 Å². The highest BCUT2D eigenvalue weighted by Crippen LogP contribution is 2.23. The number of amides is 1. The third-order valence-corrected chi connectivity index (χ3v) is 4.54. The standard InChI is InChI=1S/C16H26N4O3/c1-13(2)20-5-4-17-14(20)8-19-6-7-23-16(11-19)10-18(3)15(21)9-22-12-16/h4-5,13H,6-12H2,1-3H3. The molecule has 0 aliphatic carbocycles. The van der Waals surface area contributed by atoms with Gasteiger partial charge >= 0.3 is 0 Å². The molecule has 0 N–H and O–H groups in total. The molecule has 0 bridgehead atoms. The number of likely N-dealkylation sites (N-methyl/N-ethyl adjacent to an activating group) is 1. The van der Waals surface area contributed by atoms with Gasteiger partial charge in [-0.1, -0.05) is 0 Å². The molecule has 1 amide bonds. The predicted molar refractivity (Wildman–Crippen MR) is 85.0 cm³/mol. The molecule has 2 aliphatic heterocycles. The number of rotatable bonds is 3. The fraction of sp³-hybridized carbons (Fsp3) is 0.750. The number of carbonyl (C=O) groups excluding carboxylic acids is 1. The third kappa shape index (κ3) is 3.57. The normalized spacial score (nSPS) is 27.0. The lowest BCUT2D eigenvalue weighted by molar-refractivity contribution is -0.143. The van der Waals surface area contributed by atoms with Crippen molar-refractivity contribution in [2.75, 3.05) is 46.5 Å². The molecule has 1 spiro atoms. The van der Waals surface area contributed by atoms with Crippen LogP contribution in [0.1, 0.15) is 25.7 Å². The first-order chi connectivity index (χ1) is 11.0. The number of nitrogens with zero attached hydrogens (tertiary/aromatic N) is 4. The first-order valence-corrected chi connectivity index (χ1v) is 8.19. The van der Waals surface area contributed by atoms with Gasteiger partial charge in [-0.25, -0.2) is 4.98 Å². The van der Waals surface area contributed by atoms with Gasteiger partial charge in [-0.05, 0) is 13.8 Å². The van der Waals surface area contributed by atoms with E-state index in [1.807, 2.05) is 19.4 Å². The van der Waals surface area contributed by atoms with Gasteiger partial charge in [0.15, 0.2) is 0 Å². The maximum atomic E-state index is 11.8. The van der Waals surface area contributed by atoms with Crippen molar-refractivity contribution < 1.29 is 14.3 Å². The molecule has 0 saturated carbocycles. The summed E-state index contributed by atoms with van der Waals surface area (Å²) < 4.78 is 13.8. The summed E-state index contributed by atoms with van der Waals surface area (Å²) >= 11 is 0. The summed E-state index contributed by atoms with van der Waals surface area (Å²) in [4.78, 5) is 20.4. The number of morpholine rings is 1. The van der Waals surface area contributed by atoms with E-state index in [0.29, 0.717) is 25.8 Å². The molecule has 2 fully saturated rings. The maximum Gasteiger partial charge on any atom is 0.248 e. The third-order valence-electron chi connectivity index (χ3n) is 4.54. The second-order valence-corrected chi connectivity index (χ2v) is 6.83. The number of aromatic nitrogens is 2. The molecule has 3 rings (SSSR count). The quantitative estimate of drug-likeness (QED) is 0.812. The molecule has 7 nitrogen and oxygen atoms in total. The highest BCUT2D eigenvalue weighted by molar-refractivity contribution is 5.77. The second-order valence-electron chi connectivity index (χ2n) is 6.83. The largest absolute Gasteiger partial charge is 0.369 e. The second kappa shape index (κ2) is 6.59. The molecule has 128 valence electrons. The summed E-state index contributed by atoms with van der Waals surface area (Å²) in [7, 11) is 1.81. The summed E-state index contributed by atoms with van der Waals surface area (Å²) in [5.74, 6) is 1.08. The summed E-state index contributed by atoms with van der Waals surface area (Å²) in [6.45, 7) is 8.53. The van der Waals surface area contributed by atoms with Crippen LogP contribution < -0.4 is 0 Å². The van der Waals surface area contributed by atoms with E-state index in [0.717, 1.165) is 25.5 Å². The van der Waals surface area contributed by atoms with E-state index in [1.54, 1.807) is 4.90 Å². The van der Waals surface area contributed by atoms with Crippen LogP contribution in [0.4, 0.5) is 0 Å². The molecule has 2 saturated heterocycles. The van der Waals surface area contributed by atoms with Crippen LogP contribution in [0, 0.1) is 0 Å². The van der Waals surface area contributed by atoms with Crippen molar-refractivity contribution >= 4 is 5.91 Å². The fourth-order valence-corrected chi connectivity index (χ4v) is 3.38. The zero-order valence-electron chi connectivity index (χ0n) is 14.2. The molecule has 0 aromatic carbocycles. The Bertz CT molecular complexity index is 559. The number of ether oxygens (including phenoxy) is 2. The Kier molecular flexibility index (Phi) is 4.70. The van der Waals surface area contributed by atoms with E-state index < -0.39 is 5.60 Å². The average molecular weight is 322 g/mol. The smallest absolute Gasteiger partial charge is 0.248 e. The van der Waals surface area contributed by atoms with Gasteiger partial charge in [-0.3, -0.25) is 9.69 Å². The average Bonchev–Trinajstić information content (AvgIpc) is 2.90. The van der Waals surface area contributed by atoms with Crippen molar-refractivity contribution in [3.63, 3.8) is 0 Å². The Morgan fingerprint density at radius 2 is 2.22 bits per heavy atom. The Balaban J connectivity index is 1.70. The van der Waals surface area contributed by atoms with Crippen LogP contribution in [0.25, 0.3) is 0 Å². The van der Waals surface area contributed by atoms with Gasteiger partial charge in [0.25, 0.3) is 0 Å².